The number of benzene rings is 3. The summed E-state index contributed by atoms with van der Waals surface area (Å²) in [6.45, 7) is 3.47. The lowest BCUT2D eigenvalue weighted by atomic mass is 10.1. The Kier molecular flexibility index (Phi) is 6.40. The third kappa shape index (κ3) is 4.58. The van der Waals surface area contributed by atoms with Crippen LogP contribution in [-0.2, 0) is 11.3 Å². The van der Waals surface area contributed by atoms with Gasteiger partial charge in [-0.1, -0.05) is 65.2 Å². The summed E-state index contributed by atoms with van der Waals surface area (Å²) >= 11 is 12.1. The molecule has 0 bridgehead atoms. The average molecular weight is 482 g/mol. The monoisotopic (exact) mass is 481 g/mol. The van der Waals surface area contributed by atoms with Crippen molar-refractivity contribution in [1.29, 1.82) is 0 Å². The number of rotatable bonds is 5. The highest BCUT2D eigenvalue weighted by Crippen LogP contribution is 2.24. The maximum absolute atomic E-state index is 13.4. The van der Waals surface area contributed by atoms with Crippen LogP contribution in [0.4, 0.5) is 0 Å². The van der Waals surface area contributed by atoms with Gasteiger partial charge in [-0.2, -0.15) is 0 Å². The highest BCUT2D eigenvalue weighted by molar-refractivity contribution is 6.42. The molecule has 0 aliphatic carbocycles. The van der Waals surface area contributed by atoms with Crippen molar-refractivity contribution in [1.82, 2.24) is 14.5 Å². The molecule has 4 rings (SSSR count). The first kappa shape index (κ1) is 22.8. The quantitative estimate of drug-likeness (QED) is 0.450. The predicted octanol–water partition coefficient (Wildman–Crippen LogP) is 4.65. The third-order valence-corrected chi connectivity index (χ3v) is 6.18. The van der Waals surface area contributed by atoms with Crippen molar-refractivity contribution in [2.75, 3.05) is 0 Å². The second kappa shape index (κ2) is 9.25. The van der Waals surface area contributed by atoms with E-state index in [1.807, 2.05) is 44.2 Å². The molecule has 0 fully saturated rings. The summed E-state index contributed by atoms with van der Waals surface area (Å²) in [5.74, 6) is -0.352. The largest absolute Gasteiger partial charge is 0.348 e. The fraction of sp³-hybridized carbons (Fsp3) is 0.160. The Balaban J connectivity index is 1.82. The van der Waals surface area contributed by atoms with Crippen LogP contribution in [0.3, 0.4) is 0 Å². The number of nitrogens with one attached hydrogen (secondary N) is 1. The van der Waals surface area contributed by atoms with Crippen LogP contribution in [0.25, 0.3) is 16.6 Å². The number of nitrogens with zero attached hydrogens (tertiary/aromatic N) is 2. The fourth-order valence-electron chi connectivity index (χ4n) is 3.75. The molecule has 3 aromatic carbocycles. The molecule has 0 unspecified atom stereocenters. The van der Waals surface area contributed by atoms with Gasteiger partial charge in [-0.05, 0) is 49.7 Å². The summed E-state index contributed by atoms with van der Waals surface area (Å²) in [7, 11) is 0. The van der Waals surface area contributed by atoms with Gasteiger partial charge < -0.3 is 5.32 Å². The zero-order valence-corrected chi connectivity index (χ0v) is 19.5. The van der Waals surface area contributed by atoms with Crippen LogP contribution >= 0.6 is 23.2 Å². The van der Waals surface area contributed by atoms with Crippen LogP contribution in [-0.4, -0.2) is 15.0 Å². The number of carbonyl (C=O) groups excluding carboxylic acids is 1. The van der Waals surface area contributed by atoms with Crippen molar-refractivity contribution in [2.45, 2.75) is 26.4 Å². The number of hydrogen-bond donors (Lipinski definition) is 1. The van der Waals surface area contributed by atoms with Crippen LogP contribution in [0.15, 0.2) is 76.3 Å². The number of fused-ring (bicyclic) bond motifs is 1. The average Bonchev–Trinajstić information content (AvgIpc) is 2.79. The van der Waals surface area contributed by atoms with Crippen LogP contribution in [0.1, 0.15) is 24.1 Å². The summed E-state index contributed by atoms with van der Waals surface area (Å²) < 4.78 is 2.31. The Morgan fingerprint density at radius 3 is 2.39 bits per heavy atom. The number of aromatic nitrogens is 2. The molecule has 8 heteroatoms. The van der Waals surface area contributed by atoms with E-state index in [-0.39, 0.29) is 29.2 Å². The summed E-state index contributed by atoms with van der Waals surface area (Å²) in [6, 6.07) is 19.0. The third-order valence-electron chi connectivity index (χ3n) is 5.44. The van der Waals surface area contributed by atoms with Crippen LogP contribution in [0, 0.1) is 6.92 Å². The Bertz CT molecular complexity index is 1480. The van der Waals surface area contributed by atoms with E-state index in [1.165, 1.54) is 16.7 Å². The van der Waals surface area contributed by atoms with E-state index in [4.69, 9.17) is 23.2 Å². The minimum Gasteiger partial charge on any atom is -0.348 e. The van der Waals surface area contributed by atoms with Gasteiger partial charge >= 0.3 is 5.69 Å². The van der Waals surface area contributed by atoms with Crippen molar-refractivity contribution in [2.24, 2.45) is 0 Å². The topological polar surface area (TPSA) is 73.1 Å². The molecule has 1 aromatic heterocycles. The molecule has 0 saturated carbocycles. The van der Waals surface area contributed by atoms with E-state index in [9.17, 15) is 14.4 Å². The van der Waals surface area contributed by atoms with E-state index in [1.54, 1.807) is 24.3 Å². The second-order valence-corrected chi connectivity index (χ2v) is 8.64. The molecule has 168 valence electrons. The Morgan fingerprint density at radius 1 is 0.970 bits per heavy atom. The van der Waals surface area contributed by atoms with Crippen molar-refractivity contribution in [3.05, 3.63) is 109 Å². The zero-order chi connectivity index (χ0) is 23.7. The standard InChI is InChI=1S/C25H21Cl2N3O3/c1-15-8-11-22-19(12-15)24(32)30(18-9-10-20(26)21(27)13-18)25(33)29(22)14-23(31)28-16(2)17-6-4-3-5-7-17/h3-13,16H,14H2,1-2H3,(H,28,31)/t16-/m0/s1. The number of carbonyl (C=O) groups is 1. The minimum atomic E-state index is -0.641. The van der Waals surface area contributed by atoms with Crippen molar-refractivity contribution >= 4 is 40.0 Å². The first-order chi connectivity index (χ1) is 15.8. The highest BCUT2D eigenvalue weighted by Gasteiger charge is 2.18. The number of aryl methyl sites for hydroxylation is 1. The van der Waals surface area contributed by atoms with E-state index in [2.05, 4.69) is 5.32 Å². The molecule has 33 heavy (non-hydrogen) atoms. The van der Waals surface area contributed by atoms with E-state index < -0.39 is 11.2 Å². The number of hydrogen-bond acceptors (Lipinski definition) is 3. The van der Waals surface area contributed by atoms with Gasteiger partial charge in [0.2, 0.25) is 5.91 Å². The van der Waals surface area contributed by atoms with Gasteiger partial charge in [0.05, 0.1) is 32.7 Å². The number of amides is 1. The molecule has 1 heterocycles. The molecule has 0 spiro atoms. The van der Waals surface area contributed by atoms with Gasteiger partial charge in [0.25, 0.3) is 5.56 Å². The molecule has 6 nitrogen and oxygen atoms in total. The summed E-state index contributed by atoms with van der Waals surface area (Å²) in [5.41, 5.74) is 1.32. The van der Waals surface area contributed by atoms with Gasteiger partial charge in [-0.3, -0.25) is 14.2 Å². The van der Waals surface area contributed by atoms with Crippen molar-refractivity contribution < 1.29 is 4.79 Å². The lowest BCUT2D eigenvalue weighted by Crippen LogP contribution is -2.42. The Labute approximate surface area is 200 Å². The predicted molar refractivity (Wildman–Crippen MR) is 132 cm³/mol. The molecule has 0 aliphatic rings. The Hall–Kier alpha value is -3.35. The molecule has 0 saturated heterocycles. The molecule has 1 atom stereocenters. The SMILES string of the molecule is Cc1ccc2c(c1)c(=O)n(-c1ccc(Cl)c(Cl)c1)c(=O)n2CC(=O)N[C@@H](C)c1ccccc1. The lowest BCUT2D eigenvalue weighted by Gasteiger charge is -2.17. The van der Waals surface area contributed by atoms with Gasteiger partial charge in [-0.15, -0.1) is 0 Å². The molecule has 0 radical (unpaired) electrons. The maximum Gasteiger partial charge on any atom is 0.336 e. The smallest absolute Gasteiger partial charge is 0.336 e. The van der Waals surface area contributed by atoms with Crippen LogP contribution in [0.5, 0.6) is 0 Å². The van der Waals surface area contributed by atoms with Crippen molar-refractivity contribution in [3.8, 4) is 5.69 Å². The minimum absolute atomic E-state index is 0.214. The molecule has 1 N–H and O–H groups in total. The van der Waals surface area contributed by atoms with Gasteiger partial charge in [0.15, 0.2) is 0 Å². The lowest BCUT2D eigenvalue weighted by molar-refractivity contribution is -0.122. The van der Waals surface area contributed by atoms with E-state index in [0.717, 1.165) is 15.7 Å². The molecule has 0 aliphatic heterocycles. The normalized spacial score (nSPS) is 12.0. The van der Waals surface area contributed by atoms with Crippen LogP contribution < -0.4 is 16.6 Å². The van der Waals surface area contributed by atoms with Crippen molar-refractivity contribution in [3.63, 3.8) is 0 Å². The summed E-state index contributed by atoms with van der Waals surface area (Å²) in [5, 5.41) is 3.76. The van der Waals surface area contributed by atoms with E-state index >= 15 is 0 Å². The van der Waals surface area contributed by atoms with Gasteiger partial charge in [0, 0.05) is 0 Å². The first-order valence-electron chi connectivity index (χ1n) is 10.3. The molecule has 1 amide bonds. The van der Waals surface area contributed by atoms with E-state index in [0.29, 0.717) is 15.9 Å². The zero-order valence-electron chi connectivity index (χ0n) is 18.0. The fourth-order valence-corrected chi connectivity index (χ4v) is 4.04. The summed E-state index contributed by atoms with van der Waals surface area (Å²) in [4.78, 5) is 39.6. The van der Waals surface area contributed by atoms with Crippen LogP contribution in [0.2, 0.25) is 10.0 Å². The second-order valence-electron chi connectivity index (χ2n) is 7.83. The first-order valence-corrected chi connectivity index (χ1v) is 11.1. The molecule has 4 aromatic rings. The van der Waals surface area contributed by atoms with Gasteiger partial charge in [-0.25, -0.2) is 9.36 Å². The van der Waals surface area contributed by atoms with Gasteiger partial charge in [0.1, 0.15) is 6.54 Å². The number of halogens is 2. The molecular weight excluding hydrogens is 461 g/mol. The summed E-state index contributed by atoms with van der Waals surface area (Å²) in [6.07, 6.45) is 0. The molecular formula is C25H21Cl2N3O3. The maximum atomic E-state index is 13.4. The highest BCUT2D eigenvalue weighted by atomic mass is 35.5. The Morgan fingerprint density at radius 2 is 1.70 bits per heavy atom.